The molecule has 0 heterocycles. The highest BCUT2D eigenvalue weighted by Crippen LogP contribution is 2.10. The number of carbonyl (C=O) groups excluding carboxylic acids is 1. The molecule has 0 saturated carbocycles. The molecule has 0 saturated heterocycles. The second-order valence-corrected chi connectivity index (χ2v) is 4.47. The fourth-order valence-electron chi connectivity index (χ4n) is 1.27. The minimum atomic E-state index is -0.162. The topological polar surface area (TPSA) is 26.3 Å². The molecule has 3 heteroatoms. The van der Waals surface area contributed by atoms with Crippen LogP contribution in [-0.2, 0) is 9.53 Å². The van der Waals surface area contributed by atoms with Crippen molar-refractivity contribution < 1.29 is 9.53 Å². The van der Waals surface area contributed by atoms with Crippen molar-refractivity contribution in [2.75, 3.05) is 6.61 Å². The average molecular weight is 265 g/mol. The minimum absolute atomic E-state index is 0.162. The van der Waals surface area contributed by atoms with Gasteiger partial charge >= 0.3 is 5.97 Å². The minimum Gasteiger partial charge on any atom is -0.460 e. The van der Waals surface area contributed by atoms with E-state index in [0.29, 0.717) is 18.1 Å². The summed E-state index contributed by atoms with van der Waals surface area (Å²) in [6.45, 7) is 4.12. The van der Waals surface area contributed by atoms with Gasteiger partial charge in [0.25, 0.3) is 0 Å². The highest BCUT2D eigenvalue weighted by molar-refractivity contribution is 6.30. The lowest BCUT2D eigenvalue weighted by atomic mass is 10.2. The molecule has 0 atom stereocenters. The van der Waals surface area contributed by atoms with Crippen LogP contribution in [-0.4, -0.2) is 12.6 Å². The lowest BCUT2D eigenvalue weighted by Crippen LogP contribution is -2.05. The predicted octanol–water partition coefficient (Wildman–Crippen LogP) is 4.24. The Morgan fingerprint density at radius 2 is 2.06 bits per heavy atom. The van der Waals surface area contributed by atoms with E-state index in [0.717, 1.165) is 17.6 Å². The molecule has 0 N–H and O–H groups in total. The van der Waals surface area contributed by atoms with Crippen LogP contribution in [0.25, 0.3) is 6.08 Å². The number of hydrogen-bond donors (Lipinski definition) is 0. The summed E-state index contributed by atoms with van der Waals surface area (Å²) in [4.78, 5) is 11.2. The van der Waals surface area contributed by atoms with Gasteiger partial charge in [0.05, 0.1) is 0 Å². The molecular formula is C15H17ClO2. The van der Waals surface area contributed by atoms with Crippen molar-refractivity contribution >= 4 is 23.6 Å². The van der Waals surface area contributed by atoms with Crippen LogP contribution in [0.15, 0.2) is 35.6 Å². The van der Waals surface area contributed by atoms with Gasteiger partial charge in [0.15, 0.2) is 0 Å². The highest BCUT2D eigenvalue weighted by atomic mass is 35.5. The van der Waals surface area contributed by atoms with Crippen LogP contribution in [0.5, 0.6) is 0 Å². The first-order valence-corrected chi connectivity index (χ1v) is 6.33. The lowest BCUT2D eigenvalue weighted by Gasteiger charge is -2.01. The second kappa shape index (κ2) is 7.75. The van der Waals surface area contributed by atoms with Crippen LogP contribution in [0, 0.1) is 0 Å². The van der Waals surface area contributed by atoms with E-state index in [2.05, 4.69) is 5.73 Å². The zero-order chi connectivity index (χ0) is 13.4. The van der Waals surface area contributed by atoms with Gasteiger partial charge in [-0.15, -0.1) is 5.73 Å². The number of carbonyl (C=O) groups is 1. The maximum Gasteiger partial charge on any atom is 0.306 e. The van der Waals surface area contributed by atoms with Crippen LogP contribution in [0.3, 0.4) is 0 Å². The van der Waals surface area contributed by atoms with Crippen LogP contribution in [0.4, 0.5) is 0 Å². The maximum absolute atomic E-state index is 11.2. The Morgan fingerprint density at radius 1 is 1.39 bits per heavy atom. The molecule has 0 aromatic heterocycles. The Hall–Kier alpha value is -1.50. The van der Waals surface area contributed by atoms with Crippen molar-refractivity contribution in [2.45, 2.75) is 26.7 Å². The number of esters is 1. The molecule has 0 radical (unpaired) electrons. The first-order chi connectivity index (χ1) is 8.61. The molecule has 1 aromatic carbocycles. The Kier molecular flexibility index (Phi) is 6.27. The molecule has 1 aromatic rings. The highest BCUT2D eigenvalue weighted by Gasteiger charge is 1.99. The number of rotatable bonds is 5. The summed E-state index contributed by atoms with van der Waals surface area (Å²) in [6, 6.07) is 7.47. The van der Waals surface area contributed by atoms with E-state index in [1.54, 1.807) is 0 Å². The molecule has 2 nitrogen and oxygen atoms in total. The molecule has 18 heavy (non-hydrogen) atoms. The maximum atomic E-state index is 11.2. The number of halogens is 1. The van der Waals surface area contributed by atoms with E-state index in [1.165, 1.54) is 0 Å². The molecule has 0 bridgehead atoms. The first kappa shape index (κ1) is 14.6. The van der Waals surface area contributed by atoms with Gasteiger partial charge in [-0.05, 0) is 37.1 Å². The van der Waals surface area contributed by atoms with Gasteiger partial charge < -0.3 is 4.74 Å². The molecule has 0 aliphatic carbocycles. The van der Waals surface area contributed by atoms with E-state index >= 15 is 0 Å². The van der Waals surface area contributed by atoms with E-state index < -0.39 is 0 Å². The summed E-state index contributed by atoms with van der Waals surface area (Å²) < 4.78 is 5.07. The molecule has 0 spiro atoms. The Balaban J connectivity index is 2.54. The molecule has 1 rings (SSSR count). The van der Waals surface area contributed by atoms with Crippen molar-refractivity contribution in [1.82, 2.24) is 0 Å². The molecular weight excluding hydrogens is 248 g/mol. The van der Waals surface area contributed by atoms with Gasteiger partial charge in [-0.25, -0.2) is 0 Å². The smallest absolute Gasteiger partial charge is 0.306 e. The number of hydrogen-bond acceptors (Lipinski definition) is 2. The van der Waals surface area contributed by atoms with E-state index in [4.69, 9.17) is 16.3 Å². The molecule has 0 aliphatic heterocycles. The van der Waals surface area contributed by atoms with Gasteiger partial charge in [0.2, 0.25) is 0 Å². The summed E-state index contributed by atoms with van der Waals surface area (Å²) >= 11 is 5.79. The zero-order valence-electron chi connectivity index (χ0n) is 10.7. The second-order valence-electron chi connectivity index (χ2n) is 4.03. The van der Waals surface area contributed by atoms with Crippen LogP contribution in [0.2, 0.25) is 5.02 Å². The quantitative estimate of drug-likeness (QED) is 0.587. The monoisotopic (exact) mass is 264 g/mol. The summed E-state index contributed by atoms with van der Waals surface area (Å²) in [6.07, 6.45) is 3.12. The molecule has 0 amide bonds. The summed E-state index contributed by atoms with van der Waals surface area (Å²) in [7, 11) is 0. The van der Waals surface area contributed by atoms with Crippen molar-refractivity contribution in [2.24, 2.45) is 0 Å². The van der Waals surface area contributed by atoms with Gasteiger partial charge in [-0.3, -0.25) is 4.79 Å². The van der Waals surface area contributed by atoms with E-state index in [9.17, 15) is 4.79 Å². The van der Waals surface area contributed by atoms with Crippen LogP contribution < -0.4 is 0 Å². The van der Waals surface area contributed by atoms with Crippen molar-refractivity contribution in [3.63, 3.8) is 0 Å². The summed E-state index contributed by atoms with van der Waals surface area (Å²) in [5.74, 6) is -0.162. The zero-order valence-corrected chi connectivity index (χ0v) is 11.5. The van der Waals surface area contributed by atoms with Crippen molar-refractivity contribution in [3.05, 3.63) is 46.2 Å². The fourth-order valence-corrected chi connectivity index (χ4v) is 1.40. The van der Waals surface area contributed by atoms with Crippen LogP contribution >= 0.6 is 11.6 Å². The largest absolute Gasteiger partial charge is 0.460 e. The third-order valence-electron chi connectivity index (χ3n) is 2.26. The third kappa shape index (κ3) is 5.72. The molecule has 96 valence electrons. The molecule has 0 aliphatic rings. The van der Waals surface area contributed by atoms with Gasteiger partial charge in [-0.1, -0.05) is 30.7 Å². The Morgan fingerprint density at radius 3 is 2.67 bits per heavy atom. The number of benzene rings is 1. The summed E-state index contributed by atoms with van der Waals surface area (Å²) in [5.41, 5.74) is 4.98. The molecule has 0 fully saturated rings. The van der Waals surface area contributed by atoms with E-state index in [1.807, 2.05) is 44.2 Å². The first-order valence-electron chi connectivity index (χ1n) is 5.95. The normalized spacial score (nSPS) is 9.50. The lowest BCUT2D eigenvalue weighted by molar-refractivity contribution is -0.142. The summed E-state index contributed by atoms with van der Waals surface area (Å²) in [5, 5.41) is 0.710. The van der Waals surface area contributed by atoms with Gasteiger partial charge in [-0.2, -0.15) is 0 Å². The molecule has 0 unspecified atom stereocenters. The average Bonchev–Trinajstić information content (AvgIpc) is 2.36. The predicted molar refractivity (Wildman–Crippen MR) is 74.5 cm³/mol. The van der Waals surface area contributed by atoms with Gasteiger partial charge in [0.1, 0.15) is 6.61 Å². The SMILES string of the molecule is CCCC(=O)OCC(C)=C=Cc1ccc(Cl)cc1. The third-order valence-corrected chi connectivity index (χ3v) is 2.51. The van der Waals surface area contributed by atoms with E-state index in [-0.39, 0.29) is 5.97 Å². The van der Waals surface area contributed by atoms with Gasteiger partial charge in [0, 0.05) is 17.0 Å². The Labute approximate surface area is 113 Å². The fraction of sp³-hybridized carbons (Fsp3) is 0.333. The number of ether oxygens (including phenoxy) is 1. The Bertz CT molecular complexity index is 454. The standard InChI is InChI=1S/C15H17ClO2/c1-3-4-15(17)18-11-12(2)5-6-13-7-9-14(16)10-8-13/h6-10H,3-4,11H2,1-2H3. The van der Waals surface area contributed by atoms with Crippen molar-refractivity contribution in [3.8, 4) is 0 Å². The van der Waals surface area contributed by atoms with Crippen molar-refractivity contribution in [1.29, 1.82) is 0 Å². The van der Waals surface area contributed by atoms with Crippen LogP contribution in [0.1, 0.15) is 32.3 Å².